The molecule has 0 aliphatic heterocycles. The van der Waals surface area contributed by atoms with Crippen molar-refractivity contribution in [2.45, 2.75) is 45.4 Å². The predicted octanol–water partition coefficient (Wildman–Crippen LogP) is 3.90. The molecule has 0 radical (unpaired) electrons. The molecule has 1 aromatic rings. The predicted molar refractivity (Wildman–Crippen MR) is 70.0 cm³/mol. The molecule has 17 heavy (non-hydrogen) atoms. The Kier molecular flexibility index (Phi) is 6.38. The third-order valence-corrected chi connectivity index (χ3v) is 3.20. The monoisotopic (exact) mass is 234 g/mol. The molecule has 0 aliphatic rings. The van der Waals surface area contributed by atoms with E-state index in [0.29, 0.717) is 0 Å². The average Bonchev–Trinajstić information content (AvgIpc) is 2.34. The van der Waals surface area contributed by atoms with Gasteiger partial charge in [0.1, 0.15) is 0 Å². The molecule has 1 aromatic carbocycles. The summed E-state index contributed by atoms with van der Waals surface area (Å²) in [5, 5.41) is 8.91. The lowest BCUT2D eigenvalue weighted by atomic mass is 9.98. The van der Waals surface area contributed by atoms with Crippen molar-refractivity contribution in [2.75, 3.05) is 0 Å². The first-order chi connectivity index (χ1) is 8.24. The van der Waals surface area contributed by atoms with Crippen LogP contribution in [-0.4, -0.2) is 11.1 Å². The van der Waals surface area contributed by atoms with Gasteiger partial charge in [-0.2, -0.15) is 0 Å². The molecule has 0 fully saturated rings. The molecule has 1 rings (SSSR count). The fourth-order valence-electron chi connectivity index (χ4n) is 2.04. The molecule has 94 valence electrons. The van der Waals surface area contributed by atoms with Crippen molar-refractivity contribution >= 4 is 5.97 Å². The molecular formula is C15H22O2. The minimum Gasteiger partial charge on any atom is -0.481 e. The first-order valence-electron chi connectivity index (χ1n) is 6.50. The number of carboxylic acid groups (broad SMARTS) is 1. The van der Waals surface area contributed by atoms with Crippen LogP contribution >= 0.6 is 0 Å². The Labute approximate surface area is 104 Å². The number of rotatable bonds is 8. The maximum atomic E-state index is 10.8. The Morgan fingerprint density at radius 2 is 1.88 bits per heavy atom. The Balaban J connectivity index is 2.10. The normalized spacial score (nSPS) is 12.3. The van der Waals surface area contributed by atoms with Gasteiger partial charge in [0.25, 0.3) is 0 Å². The van der Waals surface area contributed by atoms with Crippen molar-refractivity contribution in [3.8, 4) is 0 Å². The van der Waals surface area contributed by atoms with Gasteiger partial charge >= 0.3 is 5.97 Å². The molecule has 0 saturated carbocycles. The van der Waals surface area contributed by atoms with Gasteiger partial charge in [-0.25, -0.2) is 0 Å². The number of unbranched alkanes of at least 4 members (excludes halogenated alkanes) is 2. The number of benzene rings is 1. The van der Waals surface area contributed by atoms with E-state index in [1.807, 2.05) is 13.0 Å². The largest absolute Gasteiger partial charge is 0.481 e. The summed E-state index contributed by atoms with van der Waals surface area (Å²) in [6.45, 7) is 1.95. The van der Waals surface area contributed by atoms with Gasteiger partial charge in [-0.1, -0.05) is 50.1 Å². The Bertz CT molecular complexity index is 319. The summed E-state index contributed by atoms with van der Waals surface area (Å²) in [4.78, 5) is 10.8. The number of hydrogen-bond acceptors (Lipinski definition) is 1. The fraction of sp³-hybridized carbons (Fsp3) is 0.533. The van der Waals surface area contributed by atoms with Crippen LogP contribution in [0.4, 0.5) is 0 Å². The minimum absolute atomic E-state index is 0.147. The van der Waals surface area contributed by atoms with Crippen LogP contribution in [0.3, 0.4) is 0 Å². The maximum Gasteiger partial charge on any atom is 0.306 e. The zero-order valence-electron chi connectivity index (χ0n) is 10.6. The maximum absolute atomic E-state index is 10.8. The molecule has 0 amide bonds. The van der Waals surface area contributed by atoms with Crippen molar-refractivity contribution in [3.63, 3.8) is 0 Å². The molecule has 0 saturated heterocycles. The van der Waals surface area contributed by atoms with E-state index < -0.39 is 5.97 Å². The highest BCUT2D eigenvalue weighted by Crippen LogP contribution is 2.15. The third kappa shape index (κ3) is 5.53. The molecule has 0 aliphatic carbocycles. The number of carboxylic acids is 1. The Morgan fingerprint density at radius 3 is 2.47 bits per heavy atom. The van der Waals surface area contributed by atoms with Crippen LogP contribution in [0.25, 0.3) is 0 Å². The van der Waals surface area contributed by atoms with E-state index in [0.717, 1.165) is 38.5 Å². The van der Waals surface area contributed by atoms with Gasteiger partial charge in [0.05, 0.1) is 5.92 Å². The van der Waals surface area contributed by atoms with Gasteiger partial charge in [0.2, 0.25) is 0 Å². The van der Waals surface area contributed by atoms with Gasteiger partial charge in [0.15, 0.2) is 0 Å². The SMILES string of the molecule is CCC(CCCCCc1ccccc1)C(=O)O. The summed E-state index contributed by atoms with van der Waals surface area (Å²) in [7, 11) is 0. The standard InChI is InChI=1S/C15H22O2/c1-2-14(15(16)17)12-8-4-7-11-13-9-5-3-6-10-13/h3,5-6,9-10,14H,2,4,7-8,11-12H2,1H3,(H,16,17). The van der Waals surface area contributed by atoms with Crippen molar-refractivity contribution in [1.29, 1.82) is 0 Å². The van der Waals surface area contributed by atoms with Gasteiger partial charge < -0.3 is 5.11 Å². The Morgan fingerprint density at radius 1 is 1.18 bits per heavy atom. The van der Waals surface area contributed by atoms with Crippen LogP contribution in [0, 0.1) is 5.92 Å². The highest BCUT2D eigenvalue weighted by Gasteiger charge is 2.13. The first-order valence-corrected chi connectivity index (χ1v) is 6.50. The van der Waals surface area contributed by atoms with Crippen molar-refractivity contribution < 1.29 is 9.90 Å². The fourth-order valence-corrected chi connectivity index (χ4v) is 2.04. The van der Waals surface area contributed by atoms with E-state index in [1.54, 1.807) is 0 Å². The second-order valence-electron chi connectivity index (χ2n) is 4.53. The van der Waals surface area contributed by atoms with Gasteiger partial charge in [-0.15, -0.1) is 0 Å². The highest BCUT2D eigenvalue weighted by atomic mass is 16.4. The van der Waals surface area contributed by atoms with Crippen LogP contribution in [0.5, 0.6) is 0 Å². The second kappa shape index (κ2) is 7.88. The summed E-state index contributed by atoms with van der Waals surface area (Å²) < 4.78 is 0. The van der Waals surface area contributed by atoms with Crippen LogP contribution in [0.1, 0.15) is 44.6 Å². The van der Waals surface area contributed by atoms with E-state index in [2.05, 4.69) is 24.3 Å². The van der Waals surface area contributed by atoms with Gasteiger partial charge in [-0.3, -0.25) is 4.79 Å². The summed E-state index contributed by atoms with van der Waals surface area (Å²) >= 11 is 0. The minimum atomic E-state index is -0.643. The van der Waals surface area contributed by atoms with E-state index in [-0.39, 0.29) is 5.92 Å². The zero-order valence-corrected chi connectivity index (χ0v) is 10.6. The molecule has 1 N–H and O–H groups in total. The number of aryl methyl sites for hydroxylation is 1. The van der Waals surface area contributed by atoms with Crippen molar-refractivity contribution in [3.05, 3.63) is 35.9 Å². The quantitative estimate of drug-likeness (QED) is 0.693. The summed E-state index contributed by atoms with van der Waals surface area (Å²) in [5.74, 6) is -0.790. The lowest BCUT2D eigenvalue weighted by Crippen LogP contribution is -2.12. The first kappa shape index (κ1) is 13.8. The average molecular weight is 234 g/mol. The van der Waals surface area contributed by atoms with Crippen LogP contribution in [-0.2, 0) is 11.2 Å². The molecular weight excluding hydrogens is 212 g/mol. The highest BCUT2D eigenvalue weighted by molar-refractivity contribution is 5.69. The van der Waals surface area contributed by atoms with E-state index in [1.165, 1.54) is 5.56 Å². The molecule has 1 atom stereocenters. The molecule has 0 heterocycles. The number of aliphatic carboxylic acids is 1. The second-order valence-corrected chi connectivity index (χ2v) is 4.53. The number of hydrogen-bond donors (Lipinski definition) is 1. The van der Waals surface area contributed by atoms with Crippen LogP contribution in [0.15, 0.2) is 30.3 Å². The van der Waals surface area contributed by atoms with Gasteiger partial charge in [0, 0.05) is 0 Å². The van der Waals surface area contributed by atoms with Crippen molar-refractivity contribution in [2.24, 2.45) is 5.92 Å². The van der Waals surface area contributed by atoms with Crippen LogP contribution in [0.2, 0.25) is 0 Å². The molecule has 2 heteroatoms. The molecule has 1 unspecified atom stereocenters. The molecule has 0 spiro atoms. The van der Waals surface area contributed by atoms with E-state index in [4.69, 9.17) is 5.11 Å². The topological polar surface area (TPSA) is 37.3 Å². The third-order valence-electron chi connectivity index (χ3n) is 3.20. The summed E-state index contributed by atoms with van der Waals surface area (Å²) in [5.41, 5.74) is 1.37. The van der Waals surface area contributed by atoms with Crippen LogP contribution < -0.4 is 0 Å². The van der Waals surface area contributed by atoms with E-state index >= 15 is 0 Å². The van der Waals surface area contributed by atoms with Gasteiger partial charge in [-0.05, 0) is 31.2 Å². The number of carbonyl (C=O) groups is 1. The smallest absolute Gasteiger partial charge is 0.306 e. The zero-order chi connectivity index (χ0) is 12.5. The molecule has 2 nitrogen and oxygen atoms in total. The lowest BCUT2D eigenvalue weighted by Gasteiger charge is -2.08. The van der Waals surface area contributed by atoms with E-state index in [9.17, 15) is 4.79 Å². The molecule has 0 bridgehead atoms. The molecule has 0 aromatic heterocycles. The van der Waals surface area contributed by atoms with Crippen molar-refractivity contribution in [1.82, 2.24) is 0 Å². The summed E-state index contributed by atoms with van der Waals surface area (Å²) in [6, 6.07) is 10.4. The lowest BCUT2D eigenvalue weighted by molar-refractivity contribution is -0.142. The Hall–Kier alpha value is -1.31. The summed E-state index contributed by atoms with van der Waals surface area (Å²) in [6.07, 6.45) is 5.97.